The number of benzene rings is 1. The van der Waals surface area contributed by atoms with E-state index in [1.54, 1.807) is 12.3 Å². The zero-order valence-corrected chi connectivity index (χ0v) is 15.8. The molecule has 0 aliphatic heterocycles. The molecule has 26 heavy (non-hydrogen) atoms. The van der Waals surface area contributed by atoms with Crippen molar-refractivity contribution in [3.05, 3.63) is 35.3 Å². The van der Waals surface area contributed by atoms with Gasteiger partial charge in [0.05, 0.1) is 6.10 Å². The fraction of sp³-hybridized carbons (Fsp3) is 0.421. The first-order valence-electron chi connectivity index (χ1n) is 8.65. The van der Waals surface area contributed by atoms with Gasteiger partial charge >= 0.3 is 5.97 Å². The fourth-order valence-electron chi connectivity index (χ4n) is 2.71. The number of rotatable bonds is 7. The number of hydrogen-bond donors (Lipinski definition) is 1. The maximum absolute atomic E-state index is 12.8. The molecule has 3 rings (SSSR count). The van der Waals surface area contributed by atoms with E-state index in [-0.39, 0.29) is 18.1 Å². The van der Waals surface area contributed by atoms with Crippen LogP contribution in [0.4, 0.5) is 0 Å². The van der Waals surface area contributed by atoms with E-state index in [2.05, 4.69) is 4.98 Å². The molecule has 1 aliphatic rings. The van der Waals surface area contributed by atoms with E-state index in [1.807, 2.05) is 38.1 Å². The number of aliphatic carboxylic acids is 1. The predicted octanol–water partition coefficient (Wildman–Crippen LogP) is 3.68. The Kier molecular flexibility index (Phi) is 5.27. The van der Waals surface area contributed by atoms with Crippen molar-refractivity contribution in [2.24, 2.45) is 0 Å². The van der Waals surface area contributed by atoms with Gasteiger partial charge in [0.2, 0.25) is 0 Å². The second-order valence-electron chi connectivity index (χ2n) is 6.69. The van der Waals surface area contributed by atoms with Crippen LogP contribution in [0.25, 0.3) is 10.6 Å². The molecule has 1 atom stereocenters. The lowest BCUT2D eigenvalue weighted by Gasteiger charge is -2.25. The Hall–Kier alpha value is -2.41. The van der Waals surface area contributed by atoms with E-state index in [4.69, 9.17) is 4.74 Å². The lowest BCUT2D eigenvalue weighted by atomic mass is 10.2. The molecule has 1 aromatic carbocycles. The SMILES string of the molecule is CC(C)Oc1ccc(-c2nc(C(=O)N(C3CC3)C(C)C(=O)O)cs2)cc1. The van der Waals surface area contributed by atoms with E-state index < -0.39 is 12.0 Å². The lowest BCUT2D eigenvalue weighted by molar-refractivity contribution is -0.141. The second kappa shape index (κ2) is 7.45. The van der Waals surface area contributed by atoms with Crippen LogP contribution in [0.2, 0.25) is 0 Å². The number of nitrogens with zero attached hydrogens (tertiary/aromatic N) is 2. The summed E-state index contributed by atoms with van der Waals surface area (Å²) in [5.74, 6) is -0.530. The Morgan fingerprint density at radius 1 is 1.23 bits per heavy atom. The molecule has 1 aliphatic carbocycles. The number of carboxylic acids is 1. The van der Waals surface area contributed by atoms with Gasteiger partial charge in [-0.1, -0.05) is 0 Å². The van der Waals surface area contributed by atoms with Crippen LogP contribution in [-0.4, -0.2) is 45.1 Å². The Balaban J connectivity index is 1.78. The van der Waals surface area contributed by atoms with E-state index >= 15 is 0 Å². The summed E-state index contributed by atoms with van der Waals surface area (Å²) in [5.41, 5.74) is 1.20. The summed E-state index contributed by atoms with van der Waals surface area (Å²) in [7, 11) is 0. The first-order chi connectivity index (χ1) is 12.4. The maximum atomic E-state index is 12.8. The number of carbonyl (C=O) groups is 2. The van der Waals surface area contributed by atoms with Crippen molar-refractivity contribution in [3.8, 4) is 16.3 Å². The summed E-state index contributed by atoms with van der Waals surface area (Å²) in [6, 6.07) is 6.72. The fourth-order valence-corrected chi connectivity index (χ4v) is 3.51. The molecular weight excluding hydrogens is 352 g/mol. The highest BCUT2D eigenvalue weighted by Crippen LogP contribution is 2.32. The van der Waals surface area contributed by atoms with Gasteiger partial charge < -0.3 is 14.7 Å². The van der Waals surface area contributed by atoms with Crippen molar-refractivity contribution < 1.29 is 19.4 Å². The molecule has 0 spiro atoms. The number of carboxylic acid groups (broad SMARTS) is 1. The third-order valence-electron chi connectivity index (χ3n) is 4.15. The van der Waals surface area contributed by atoms with E-state index in [1.165, 1.54) is 16.2 Å². The molecule has 1 heterocycles. The summed E-state index contributed by atoms with van der Waals surface area (Å²) >= 11 is 1.37. The molecular formula is C19H22N2O4S. The summed E-state index contributed by atoms with van der Waals surface area (Å²) < 4.78 is 5.63. The first-order valence-corrected chi connectivity index (χ1v) is 9.53. The van der Waals surface area contributed by atoms with Gasteiger partial charge in [-0.05, 0) is 57.9 Å². The highest BCUT2D eigenvalue weighted by Gasteiger charge is 2.39. The third-order valence-corrected chi connectivity index (χ3v) is 5.04. The van der Waals surface area contributed by atoms with E-state index in [9.17, 15) is 14.7 Å². The summed E-state index contributed by atoms with van der Waals surface area (Å²) in [6.07, 6.45) is 1.80. The monoisotopic (exact) mass is 374 g/mol. The van der Waals surface area contributed by atoms with Crippen LogP contribution in [0, 0.1) is 0 Å². The van der Waals surface area contributed by atoms with Gasteiger partial charge in [0.25, 0.3) is 5.91 Å². The van der Waals surface area contributed by atoms with Gasteiger partial charge in [-0.25, -0.2) is 9.78 Å². The van der Waals surface area contributed by atoms with Gasteiger partial charge in [0, 0.05) is 17.0 Å². The molecule has 2 aromatic rings. The number of amides is 1. The van der Waals surface area contributed by atoms with Crippen molar-refractivity contribution in [3.63, 3.8) is 0 Å². The average molecular weight is 374 g/mol. The molecule has 1 amide bonds. The number of thiazole rings is 1. The van der Waals surface area contributed by atoms with Crippen molar-refractivity contribution in [1.82, 2.24) is 9.88 Å². The van der Waals surface area contributed by atoms with Crippen molar-refractivity contribution in [2.75, 3.05) is 0 Å². The minimum absolute atomic E-state index is 0.00576. The van der Waals surface area contributed by atoms with Gasteiger partial charge in [-0.3, -0.25) is 4.79 Å². The lowest BCUT2D eigenvalue weighted by Crippen LogP contribution is -2.44. The summed E-state index contributed by atoms with van der Waals surface area (Å²) in [6.45, 7) is 5.48. The standard InChI is InChI=1S/C19H22N2O4S/c1-11(2)25-15-8-4-13(5-9-15)17-20-16(10-26-17)18(22)21(14-6-7-14)12(3)19(23)24/h4-5,8-12,14H,6-7H2,1-3H3,(H,23,24). The van der Waals surface area contributed by atoms with Crippen LogP contribution in [-0.2, 0) is 4.79 Å². The van der Waals surface area contributed by atoms with Gasteiger partial charge in [0.15, 0.2) is 0 Å². The van der Waals surface area contributed by atoms with Crippen molar-refractivity contribution in [2.45, 2.75) is 51.8 Å². The maximum Gasteiger partial charge on any atom is 0.326 e. The Labute approximate surface area is 156 Å². The molecule has 1 aromatic heterocycles. The van der Waals surface area contributed by atoms with Crippen LogP contribution in [0.15, 0.2) is 29.6 Å². The smallest absolute Gasteiger partial charge is 0.326 e. The second-order valence-corrected chi connectivity index (χ2v) is 7.54. The minimum Gasteiger partial charge on any atom is -0.491 e. The van der Waals surface area contributed by atoms with Crippen LogP contribution in [0.3, 0.4) is 0 Å². The zero-order chi connectivity index (χ0) is 18.8. The molecule has 0 radical (unpaired) electrons. The van der Waals surface area contributed by atoms with Crippen molar-refractivity contribution >= 4 is 23.2 Å². The highest BCUT2D eigenvalue weighted by molar-refractivity contribution is 7.13. The number of ether oxygens (including phenoxy) is 1. The summed E-state index contributed by atoms with van der Waals surface area (Å²) in [5, 5.41) is 11.7. The molecule has 0 saturated heterocycles. The predicted molar refractivity (Wildman–Crippen MR) is 99.6 cm³/mol. The average Bonchev–Trinajstić information content (AvgIpc) is 3.30. The number of aromatic nitrogens is 1. The molecule has 0 bridgehead atoms. The van der Waals surface area contributed by atoms with Crippen LogP contribution < -0.4 is 4.74 Å². The Morgan fingerprint density at radius 2 is 1.88 bits per heavy atom. The number of hydrogen-bond acceptors (Lipinski definition) is 5. The Bertz CT molecular complexity index is 796. The van der Waals surface area contributed by atoms with Crippen LogP contribution in [0.5, 0.6) is 5.75 Å². The summed E-state index contributed by atoms with van der Waals surface area (Å²) in [4.78, 5) is 30.0. The van der Waals surface area contributed by atoms with Crippen LogP contribution in [0.1, 0.15) is 44.1 Å². The molecule has 138 valence electrons. The largest absolute Gasteiger partial charge is 0.491 e. The molecule has 1 unspecified atom stereocenters. The first kappa shape index (κ1) is 18.4. The normalized spacial score (nSPS) is 14.9. The third kappa shape index (κ3) is 4.04. The topological polar surface area (TPSA) is 79.7 Å². The highest BCUT2D eigenvalue weighted by atomic mass is 32.1. The van der Waals surface area contributed by atoms with Gasteiger partial charge in [-0.2, -0.15) is 0 Å². The van der Waals surface area contributed by atoms with Gasteiger partial charge in [-0.15, -0.1) is 11.3 Å². The quantitative estimate of drug-likeness (QED) is 0.800. The zero-order valence-electron chi connectivity index (χ0n) is 15.0. The Morgan fingerprint density at radius 3 is 2.42 bits per heavy atom. The van der Waals surface area contributed by atoms with Crippen LogP contribution >= 0.6 is 11.3 Å². The molecule has 1 saturated carbocycles. The molecule has 1 N–H and O–H groups in total. The molecule has 7 heteroatoms. The molecule has 6 nitrogen and oxygen atoms in total. The molecule has 1 fully saturated rings. The number of carbonyl (C=O) groups excluding carboxylic acids is 1. The van der Waals surface area contributed by atoms with E-state index in [0.717, 1.165) is 29.2 Å². The van der Waals surface area contributed by atoms with Gasteiger partial charge in [0.1, 0.15) is 22.5 Å². The minimum atomic E-state index is -0.999. The van der Waals surface area contributed by atoms with Crippen molar-refractivity contribution in [1.29, 1.82) is 0 Å². The van der Waals surface area contributed by atoms with E-state index in [0.29, 0.717) is 5.69 Å².